The number of ether oxygens (including phenoxy) is 2. The summed E-state index contributed by atoms with van der Waals surface area (Å²) < 4.78 is 66.5. The van der Waals surface area contributed by atoms with Gasteiger partial charge >= 0.3 is 32.2 Å². The van der Waals surface area contributed by atoms with E-state index in [9.17, 15) is 26.4 Å². The molecule has 0 aliphatic heterocycles. The number of carbonyl (C=O) groups excluding carboxylic acids is 2. The first-order chi connectivity index (χ1) is 13.5. The third-order valence-electron chi connectivity index (χ3n) is 3.29. The third-order valence-corrected chi connectivity index (χ3v) is 6.49. The minimum absolute atomic E-state index is 0.156. The second-order valence-corrected chi connectivity index (χ2v) is 8.94. The van der Waals surface area contributed by atoms with Crippen LogP contribution in [0.3, 0.4) is 0 Å². The number of methoxy groups -OCH3 is 2. The van der Waals surface area contributed by atoms with Crippen LogP contribution in [0.15, 0.2) is 48.5 Å². The fourth-order valence-corrected chi connectivity index (χ4v) is 4.65. The molecule has 156 valence electrons. The summed E-state index contributed by atoms with van der Waals surface area (Å²) in [5.74, 6) is -1.66. The number of esters is 2. The van der Waals surface area contributed by atoms with Gasteiger partial charge in [-0.25, -0.2) is 9.59 Å². The maximum atomic E-state index is 12.0. The van der Waals surface area contributed by atoms with Gasteiger partial charge in [0.15, 0.2) is 0 Å². The van der Waals surface area contributed by atoms with E-state index in [0.29, 0.717) is 0 Å². The molecule has 0 unspecified atom stereocenters. The smallest absolute Gasteiger partial charge is 0.337 e. The Labute approximate surface area is 167 Å². The van der Waals surface area contributed by atoms with E-state index < -0.39 is 37.3 Å². The van der Waals surface area contributed by atoms with Crippen LogP contribution < -0.4 is 8.37 Å². The van der Waals surface area contributed by atoms with Crippen LogP contribution in [0, 0.1) is 0 Å². The van der Waals surface area contributed by atoms with Crippen LogP contribution in [0.5, 0.6) is 11.5 Å². The number of carbonyl (C=O) groups is 2. The van der Waals surface area contributed by atoms with Gasteiger partial charge in [0.1, 0.15) is 11.5 Å². The molecule has 0 aliphatic rings. The average molecular weight is 444 g/mol. The highest BCUT2D eigenvalue weighted by Gasteiger charge is 2.26. The fraction of sp³-hybridized carbons (Fsp3) is 0.176. The fourth-order valence-electron chi connectivity index (χ4n) is 2.05. The zero-order valence-corrected chi connectivity index (χ0v) is 16.9. The molecule has 0 N–H and O–H groups in total. The molecule has 2 rings (SSSR count). The Morgan fingerprint density at radius 3 is 1.24 bits per heavy atom. The second kappa shape index (κ2) is 8.92. The topological polar surface area (TPSA) is 139 Å². The summed E-state index contributed by atoms with van der Waals surface area (Å²) >= 11 is 0. The van der Waals surface area contributed by atoms with Crippen molar-refractivity contribution in [2.24, 2.45) is 0 Å². The lowest BCUT2D eigenvalue weighted by atomic mass is 10.2. The van der Waals surface area contributed by atoms with Gasteiger partial charge in [0.2, 0.25) is 5.08 Å². The van der Waals surface area contributed by atoms with Crippen LogP contribution in [0.1, 0.15) is 20.7 Å². The Kier molecular flexibility index (Phi) is 6.82. The van der Waals surface area contributed by atoms with Gasteiger partial charge < -0.3 is 17.8 Å². The largest absolute Gasteiger partial charge is 0.465 e. The van der Waals surface area contributed by atoms with Crippen LogP contribution >= 0.6 is 0 Å². The average Bonchev–Trinajstić information content (AvgIpc) is 2.66. The molecular formula is C17H16O10S2. The molecule has 0 fully saturated rings. The number of hydrogen-bond donors (Lipinski definition) is 0. The lowest BCUT2D eigenvalue weighted by Crippen LogP contribution is -2.24. The van der Waals surface area contributed by atoms with Crippen molar-refractivity contribution in [3.05, 3.63) is 59.7 Å². The van der Waals surface area contributed by atoms with Crippen LogP contribution in [0.25, 0.3) is 0 Å². The standard InChI is InChI=1S/C17H16O10S2/c1-24-16(18)12-3-7-14(8-4-12)26-28(20,21)11-29(22,23)27-15-9-5-13(6-10-15)17(19)25-2/h3-10H,11H2,1-2H3. The van der Waals surface area contributed by atoms with Crippen molar-refractivity contribution in [2.45, 2.75) is 0 Å². The molecule has 0 heterocycles. The number of rotatable bonds is 8. The van der Waals surface area contributed by atoms with Gasteiger partial charge in [-0.3, -0.25) is 0 Å². The maximum absolute atomic E-state index is 12.0. The highest BCUT2D eigenvalue weighted by molar-refractivity contribution is 8.04. The summed E-state index contributed by atoms with van der Waals surface area (Å²) in [6, 6.07) is 9.70. The molecular weight excluding hydrogens is 428 g/mol. The van der Waals surface area contributed by atoms with E-state index in [-0.39, 0.29) is 22.6 Å². The first kappa shape index (κ1) is 22.2. The minimum atomic E-state index is -4.58. The molecule has 12 heteroatoms. The molecule has 0 spiro atoms. The SMILES string of the molecule is COC(=O)c1ccc(OS(=O)(=O)CS(=O)(=O)Oc2ccc(C(=O)OC)cc2)cc1. The highest BCUT2D eigenvalue weighted by Crippen LogP contribution is 2.19. The zero-order chi connectivity index (χ0) is 21.7. The highest BCUT2D eigenvalue weighted by atomic mass is 32.3. The molecule has 0 aromatic heterocycles. The molecule has 10 nitrogen and oxygen atoms in total. The molecule has 0 saturated carbocycles. The summed E-state index contributed by atoms with van der Waals surface area (Å²) in [7, 11) is -6.79. The molecule has 0 atom stereocenters. The molecule has 29 heavy (non-hydrogen) atoms. The molecule has 0 amide bonds. The van der Waals surface area contributed by atoms with Crippen molar-refractivity contribution < 1.29 is 44.3 Å². The maximum Gasteiger partial charge on any atom is 0.337 e. The normalized spacial score (nSPS) is 11.4. The van der Waals surface area contributed by atoms with E-state index in [1.807, 2.05) is 0 Å². The predicted molar refractivity (Wildman–Crippen MR) is 99.5 cm³/mol. The quantitative estimate of drug-likeness (QED) is 0.433. The Balaban J connectivity index is 2.06. The summed E-state index contributed by atoms with van der Waals surface area (Å²) in [6.07, 6.45) is 0. The molecule has 2 aromatic carbocycles. The van der Waals surface area contributed by atoms with Crippen molar-refractivity contribution in [3.63, 3.8) is 0 Å². The predicted octanol–water partition coefficient (Wildman–Crippen LogP) is 1.33. The van der Waals surface area contributed by atoms with E-state index in [2.05, 4.69) is 9.47 Å². The molecule has 0 saturated heterocycles. The zero-order valence-electron chi connectivity index (χ0n) is 15.2. The Bertz CT molecular complexity index is 996. The van der Waals surface area contributed by atoms with E-state index >= 15 is 0 Å². The van der Waals surface area contributed by atoms with Gasteiger partial charge in [-0.15, -0.1) is 0 Å². The molecule has 0 bridgehead atoms. The van der Waals surface area contributed by atoms with Gasteiger partial charge in [-0.05, 0) is 48.5 Å². The lowest BCUT2D eigenvalue weighted by molar-refractivity contribution is 0.0592. The number of benzene rings is 2. The summed E-state index contributed by atoms with van der Waals surface area (Å²) in [4.78, 5) is 22.7. The van der Waals surface area contributed by atoms with Gasteiger partial charge in [0.05, 0.1) is 25.3 Å². The minimum Gasteiger partial charge on any atom is -0.465 e. The first-order valence-corrected chi connectivity index (χ1v) is 10.9. The van der Waals surface area contributed by atoms with Crippen molar-refractivity contribution in [3.8, 4) is 11.5 Å². The van der Waals surface area contributed by atoms with Gasteiger partial charge in [0, 0.05) is 0 Å². The van der Waals surface area contributed by atoms with Gasteiger partial charge in [-0.2, -0.15) is 16.8 Å². The van der Waals surface area contributed by atoms with E-state index in [1.165, 1.54) is 62.8 Å². The summed E-state index contributed by atoms with van der Waals surface area (Å²) in [6.45, 7) is 0. The van der Waals surface area contributed by atoms with Crippen LogP contribution in [-0.4, -0.2) is 48.1 Å². The van der Waals surface area contributed by atoms with Crippen molar-refractivity contribution in [1.82, 2.24) is 0 Å². The van der Waals surface area contributed by atoms with Crippen molar-refractivity contribution >= 4 is 32.2 Å². The van der Waals surface area contributed by atoms with Crippen molar-refractivity contribution in [1.29, 1.82) is 0 Å². The van der Waals surface area contributed by atoms with Crippen molar-refractivity contribution in [2.75, 3.05) is 19.3 Å². The van der Waals surface area contributed by atoms with Crippen LogP contribution in [0.2, 0.25) is 0 Å². The summed E-state index contributed by atoms with van der Waals surface area (Å²) in [5, 5.41) is -1.46. The van der Waals surface area contributed by atoms with Gasteiger partial charge in [-0.1, -0.05) is 0 Å². The van der Waals surface area contributed by atoms with Crippen LogP contribution in [-0.2, 0) is 29.7 Å². The lowest BCUT2D eigenvalue weighted by Gasteiger charge is -2.09. The van der Waals surface area contributed by atoms with E-state index in [1.54, 1.807) is 0 Å². The Morgan fingerprint density at radius 2 is 0.966 bits per heavy atom. The second-order valence-electron chi connectivity index (χ2n) is 5.43. The Hall–Kier alpha value is -3.12. The monoisotopic (exact) mass is 444 g/mol. The van der Waals surface area contributed by atoms with Gasteiger partial charge in [0.25, 0.3) is 0 Å². The molecule has 0 aliphatic carbocycles. The molecule has 2 aromatic rings. The van der Waals surface area contributed by atoms with Crippen LogP contribution in [0.4, 0.5) is 0 Å². The summed E-state index contributed by atoms with van der Waals surface area (Å²) in [5.41, 5.74) is 0.312. The molecule has 0 radical (unpaired) electrons. The third kappa shape index (κ3) is 6.47. The Morgan fingerprint density at radius 1 is 0.655 bits per heavy atom. The van der Waals surface area contributed by atoms with E-state index in [4.69, 9.17) is 8.37 Å². The first-order valence-electron chi connectivity index (χ1n) is 7.76. The number of hydrogen-bond acceptors (Lipinski definition) is 10. The van der Waals surface area contributed by atoms with E-state index in [0.717, 1.165) is 0 Å².